The number of nitrogens with one attached hydrogen (secondary N) is 1. The van der Waals surface area contributed by atoms with Crippen molar-refractivity contribution in [2.45, 2.75) is 24.2 Å². The summed E-state index contributed by atoms with van der Waals surface area (Å²) in [6.45, 7) is 1.12. The molecule has 1 amide bonds. The van der Waals surface area contributed by atoms with Gasteiger partial charge in [0.05, 0.1) is 5.92 Å². The number of anilines is 1. The van der Waals surface area contributed by atoms with E-state index in [1.165, 1.54) is 5.56 Å². The van der Waals surface area contributed by atoms with Crippen molar-refractivity contribution in [1.29, 1.82) is 0 Å². The van der Waals surface area contributed by atoms with Gasteiger partial charge < -0.3 is 10.2 Å². The van der Waals surface area contributed by atoms with Crippen molar-refractivity contribution < 1.29 is 13.2 Å². The molecule has 33 heavy (non-hydrogen) atoms. The second kappa shape index (κ2) is 8.83. The van der Waals surface area contributed by atoms with Gasteiger partial charge in [-0.15, -0.1) is 4.40 Å². The monoisotopic (exact) mass is 459 g/mol. The average Bonchev–Trinajstić information content (AvgIpc) is 3.12. The quantitative estimate of drug-likeness (QED) is 0.638. The third-order valence-corrected chi connectivity index (χ3v) is 7.54. The zero-order chi connectivity index (χ0) is 22.8. The number of carbonyl (C=O) groups is 1. The summed E-state index contributed by atoms with van der Waals surface area (Å²) in [6.07, 6.45) is 2.29. The number of piperidine rings is 1. The molecule has 0 aliphatic carbocycles. The molecule has 0 spiro atoms. The number of likely N-dealkylation sites (tertiary alicyclic amines) is 1. The van der Waals surface area contributed by atoms with Gasteiger partial charge in [0, 0.05) is 24.3 Å². The Hall–Kier alpha value is -3.45. The largest absolute Gasteiger partial charge is 0.355 e. The number of nitrogens with zero attached hydrogens (tertiary/aromatic N) is 2. The molecule has 1 N–H and O–H groups in total. The Balaban J connectivity index is 1.32. The number of amidine groups is 1. The Kier molecular flexibility index (Phi) is 5.72. The number of hydrogen-bond acceptors (Lipinski definition) is 4. The van der Waals surface area contributed by atoms with Crippen LogP contribution in [0.1, 0.15) is 29.5 Å². The van der Waals surface area contributed by atoms with Crippen LogP contribution in [0, 0.1) is 5.92 Å². The van der Waals surface area contributed by atoms with Crippen LogP contribution in [0.2, 0.25) is 0 Å². The minimum atomic E-state index is -3.68. The minimum Gasteiger partial charge on any atom is -0.355 e. The van der Waals surface area contributed by atoms with E-state index in [1.54, 1.807) is 18.2 Å². The molecular formula is C26H25N3O3S. The molecule has 3 aromatic rings. The fraction of sp³-hybridized carbons (Fsp3) is 0.231. The Bertz CT molecular complexity index is 1320. The predicted molar refractivity (Wildman–Crippen MR) is 129 cm³/mol. The van der Waals surface area contributed by atoms with Gasteiger partial charge in [-0.25, -0.2) is 0 Å². The van der Waals surface area contributed by atoms with E-state index in [0.29, 0.717) is 24.5 Å². The highest BCUT2D eigenvalue weighted by molar-refractivity contribution is 7.90. The maximum atomic E-state index is 13.2. The first kappa shape index (κ1) is 21.4. The van der Waals surface area contributed by atoms with E-state index in [0.717, 1.165) is 30.5 Å². The van der Waals surface area contributed by atoms with Crippen LogP contribution in [0.15, 0.2) is 88.2 Å². The van der Waals surface area contributed by atoms with Crippen molar-refractivity contribution in [3.63, 3.8) is 0 Å². The number of hydrogen-bond donors (Lipinski definition) is 1. The lowest BCUT2D eigenvalue weighted by molar-refractivity contribution is -0.121. The van der Waals surface area contributed by atoms with Gasteiger partial charge >= 0.3 is 0 Å². The number of rotatable bonds is 4. The van der Waals surface area contributed by atoms with E-state index < -0.39 is 10.0 Å². The molecule has 168 valence electrons. The summed E-state index contributed by atoms with van der Waals surface area (Å²) >= 11 is 0. The molecule has 7 heteroatoms. The summed E-state index contributed by atoms with van der Waals surface area (Å²) in [5, 5.41) is 3.12. The summed E-state index contributed by atoms with van der Waals surface area (Å²) in [5.41, 5.74) is 3.67. The zero-order valence-corrected chi connectivity index (χ0v) is 19.0. The first-order valence-corrected chi connectivity index (χ1v) is 12.6. The molecule has 0 bridgehead atoms. The number of para-hydroxylation sites is 1. The highest BCUT2D eigenvalue weighted by atomic mass is 32.2. The maximum Gasteiger partial charge on any atom is 0.285 e. The molecule has 0 radical (unpaired) electrons. The SMILES string of the molecule is O=C(Nc1ccccc1Cc1ccccc1)C1CCCN(C2=NS(=O)(=O)c3ccccc32)C1. The number of fused-ring (bicyclic) bond motifs is 1. The van der Waals surface area contributed by atoms with E-state index in [4.69, 9.17) is 0 Å². The van der Waals surface area contributed by atoms with Crippen LogP contribution in [0.3, 0.4) is 0 Å². The molecule has 1 saturated heterocycles. The summed E-state index contributed by atoms with van der Waals surface area (Å²) in [7, 11) is -3.68. The highest BCUT2D eigenvalue weighted by Gasteiger charge is 2.35. The number of carbonyl (C=O) groups excluding carboxylic acids is 1. The standard InChI is InChI=1S/C26H25N3O3S/c30-26(27-23-14-6-4-11-20(23)17-19-9-2-1-3-10-19)21-12-8-16-29(18-21)25-22-13-5-7-15-24(22)33(31,32)28-25/h1-7,9-11,13-15,21H,8,12,16-18H2,(H,27,30). The highest BCUT2D eigenvalue weighted by Crippen LogP contribution is 2.30. The molecule has 1 atom stereocenters. The fourth-order valence-corrected chi connectivity index (χ4v) is 5.77. The Morgan fingerprint density at radius 3 is 2.55 bits per heavy atom. The minimum absolute atomic E-state index is 0.0463. The van der Waals surface area contributed by atoms with Crippen LogP contribution >= 0.6 is 0 Å². The molecule has 2 heterocycles. The van der Waals surface area contributed by atoms with Crippen LogP contribution < -0.4 is 5.32 Å². The van der Waals surface area contributed by atoms with Crippen LogP contribution in [0.5, 0.6) is 0 Å². The van der Waals surface area contributed by atoms with Gasteiger partial charge in [0.25, 0.3) is 10.0 Å². The average molecular weight is 460 g/mol. The predicted octanol–water partition coefficient (Wildman–Crippen LogP) is 4.08. The van der Waals surface area contributed by atoms with E-state index in [-0.39, 0.29) is 16.7 Å². The Morgan fingerprint density at radius 2 is 1.70 bits per heavy atom. The normalized spacial score (nSPS) is 19.0. The van der Waals surface area contributed by atoms with Crippen molar-refractivity contribution in [2.75, 3.05) is 18.4 Å². The molecule has 1 unspecified atom stereocenters. The van der Waals surface area contributed by atoms with Crippen LogP contribution in [0.4, 0.5) is 5.69 Å². The van der Waals surface area contributed by atoms with Crippen molar-refractivity contribution in [3.8, 4) is 0 Å². The molecule has 5 rings (SSSR count). The van der Waals surface area contributed by atoms with Gasteiger partial charge in [-0.2, -0.15) is 8.42 Å². The third-order valence-electron chi connectivity index (χ3n) is 6.22. The second-order valence-electron chi connectivity index (χ2n) is 8.48. The lowest BCUT2D eigenvalue weighted by Crippen LogP contribution is -2.43. The molecule has 2 aliphatic rings. The summed E-state index contributed by atoms with van der Waals surface area (Å²) in [4.78, 5) is 15.4. The number of benzene rings is 3. The fourth-order valence-electron chi connectivity index (χ4n) is 4.55. The summed E-state index contributed by atoms with van der Waals surface area (Å²) in [5.74, 6) is 0.157. The summed E-state index contributed by atoms with van der Waals surface area (Å²) < 4.78 is 28.9. The van der Waals surface area contributed by atoms with E-state index in [1.807, 2.05) is 53.4 Å². The molecule has 0 aromatic heterocycles. The Morgan fingerprint density at radius 1 is 0.970 bits per heavy atom. The molecular weight excluding hydrogens is 434 g/mol. The van der Waals surface area contributed by atoms with Gasteiger partial charge in [0.1, 0.15) is 4.90 Å². The number of sulfonamides is 1. The maximum absolute atomic E-state index is 13.2. The third kappa shape index (κ3) is 4.41. The molecule has 1 fully saturated rings. The van der Waals surface area contributed by atoms with Crippen LogP contribution in [0.25, 0.3) is 0 Å². The van der Waals surface area contributed by atoms with Gasteiger partial charge in [-0.3, -0.25) is 4.79 Å². The van der Waals surface area contributed by atoms with Crippen molar-refractivity contribution in [3.05, 3.63) is 95.6 Å². The smallest absolute Gasteiger partial charge is 0.285 e. The van der Waals surface area contributed by atoms with E-state index >= 15 is 0 Å². The van der Waals surface area contributed by atoms with E-state index in [9.17, 15) is 13.2 Å². The van der Waals surface area contributed by atoms with E-state index in [2.05, 4.69) is 21.8 Å². The topological polar surface area (TPSA) is 78.8 Å². The van der Waals surface area contributed by atoms with Crippen molar-refractivity contribution >= 4 is 27.5 Å². The van der Waals surface area contributed by atoms with Gasteiger partial charge in [-0.05, 0) is 48.6 Å². The van der Waals surface area contributed by atoms with Crippen LogP contribution in [-0.4, -0.2) is 38.2 Å². The first-order valence-electron chi connectivity index (χ1n) is 11.1. The lowest BCUT2D eigenvalue weighted by Gasteiger charge is -2.33. The summed E-state index contributed by atoms with van der Waals surface area (Å²) in [6, 6.07) is 24.9. The van der Waals surface area contributed by atoms with Crippen molar-refractivity contribution in [2.24, 2.45) is 10.3 Å². The first-order chi connectivity index (χ1) is 16.0. The van der Waals surface area contributed by atoms with Crippen molar-refractivity contribution in [1.82, 2.24) is 4.90 Å². The molecule has 3 aromatic carbocycles. The van der Waals surface area contributed by atoms with Crippen LogP contribution in [-0.2, 0) is 21.2 Å². The Labute approximate surface area is 194 Å². The number of amides is 1. The second-order valence-corrected chi connectivity index (χ2v) is 10.1. The lowest BCUT2D eigenvalue weighted by atomic mass is 9.95. The van der Waals surface area contributed by atoms with Gasteiger partial charge in [0.2, 0.25) is 5.91 Å². The van der Waals surface area contributed by atoms with Gasteiger partial charge in [0.15, 0.2) is 5.84 Å². The molecule has 2 aliphatic heterocycles. The molecule has 0 saturated carbocycles. The molecule has 6 nitrogen and oxygen atoms in total. The zero-order valence-electron chi connectivity index (χ0n) is 18.1. The van der Waals surface area contributed by atoms with Gasteiger partial charge in [-0.1, -0.05) is 60.7 Å².